The first kappa shape index (κ1) is 27.5. The summed E-state index contributed by atoms with van der Waals surface area (Å²) in [5.74, 6) is 0.0140. The van der Waals surface area contributed by atoms with Gasteiger partial charge < -0.3 is 5.32 Å². The molecule has 0 aliphatic rings. The van der Waals surface area contributed by atoms with Crippen LogP contribution in [0.15, 0.2) is 90.3 Å². The highest BCUT2D eigenvalue weighted by Gasteiger charge is 2.30. The molecule has 0 saturated carbocycles. The van der Waals surface area contributed by atoms with Crippen LogP contribution in [0.25, 0.3) is 22.2 Å². The first-order chi connectivity index (χ1) is 18.4. The molecule has 39 heavy (non-hydrogen) atoms. The van der Waals surface area contributed by atoms with Crippen molar-refractivity contribution >= 4 is 32.7 Å². The second-order valence-electron chi connectivity index (χ2n) is 8.07. The fourth-order valence-corrected chi connectivity index (χ4v) is 3.97. The van der Waals surface area contributed by atoms with Gasteiger partial charge in [-0.15, -0.1) is 0 Å². The minimum absolute atomic E-state index is 0.0741. The van der Waals surface area contributed by atoms with Crippen LogP contribution in [0.2, 0.25) is 0 Å². The average Bonchev–Trinajstić information content (AvgIpc) is 2.90. The summed E-state index contributed by atoms with van der Waals surface area (Å²) in [5.41, 5.74) is 0.872. The molecule has 8 nitrogen and oxygen atoms in total. The van der Waals surface area contributed by atoms with Crippen molar-refractivity contribution in [2.24, 2.45) is 0 Å². The van der Waals surface area contributed by atoms with Gasteiger partial charge in [0.25, 0.3) is 10.1 Å². The number of hydrogen-bond acceptors (Lipinski definition) is 7. The highest BCUT2D eigenvalue weighted by atomic mass is 32.2. The molecule has 2 aromatic carbocycles. The van der Waals surface area contributed by atoms with E-state index < -0.39 is 27.7 Å². The topological polar surface area (TPSA) is 118 Å². The summed E-state index contributed by atoms with van der Waals surface area (Å²) in [6.07, 6.45) is -0.878. The van der Waals surface area contributed by atoms with Gasteiger partial charge in [0, 0.05) is 28.9 Å². The van der Waals surface area contributed by atoms with Crippen molar-refractivity contribution in [3.8, 4) is 11.3 Å². The van der Waals surface area contributed by atoms with Crippen molar-refractivity contribution in [1.29, 1.82) is 0 Å². The maximum absolute atomic E-state index is 14.7. The lowest BCUT2D eigenvalue weighted by Crippen LogP contribution is -2.06. The molecule has 0 bridgehead atoms. The Morgan fingerprint density at radius 2 is 1.64 bits per heavy atom. The molecule has 200 valence electrons. The van der Waals surface area contributed by atoms with E-state index in [1.165, 1.54) is 30.6 Å². The maximum Gasteiger partial charge on any atom is 0.417 e. The number of alkyl halides is 3. The zero-order chi connectivity index (χ0) is 28.2. The van der Waals surface area contributed by atoms with Crippen LogP contribution in [0.3, 0.4) is 0 Å². The zero-order valence-electron chi connectivity index (χ0n) is 20.1. The van der Waals surface area contributed by atoms with E-state index >= 15 is 0 Å². The van der Waals surface area contributed by atoms with Crippen molar-refractivity contribution in [2.45, 2.75) is 18.0 Å². The Bertz CT molecular complexity index is 1720. The van der Waals surface area contributed by atoms with Gasteiger partial charge in [-0.05, 0) is 49.4 Å². The third-order valence-electron chi connectivity index (χ3n) is 5.41. The minimum atomic E-state index is -4.47. The molecule has 5 aromatic rings. The number of halogens is 4. The van der Waals surface area contributed by atoms with E-state index in [1.807, 2.05) is 0 Å². The first-order valence-electron chi connectivity index (χ1n) is 11.1. The summed E-state index contributed by atoms with van der Waals surface area (Å²) < 4.78 is 81.9. The summed E-state index contributed by atoms with van der Waals surface area (Å²) in [5, 5.41) is 3.51. The molecular weight excluding hydrogens is 538 g/mol. The van der Waals surface area contributed by atoms with Crippen LogP contribution in [-0.4, -0.2) is 32.9 Å². The van der Waals surface area contributed by atoms with Crippen molar-refractivity contribution in [3.05, 3.63) is 102 Å². The molecule has 0 atom stereocenters. The number of benzene rings is 2. The number of nitrogens with zero attached hydrogens (tertiary/aromatic N) is 4. The summed E-state index contributed by atoms with van der Waals surface area (Å²) in [7, 11) is -4.00. The van der Waals surface area contributed by atoms with Crippen molar-refractivity contribution in [3.63, 3.8) is 0 Å². The number of nitrogens with one attached hydrogen (secondary N) is 1. The normalized spacial score (nSPS) is 11.5. The molecule has 0 aliphatic heterocycles. The molecule has 0 fully saturated rings. The van der Waals surface area contributed by atoms with Gasteiger partial charge in [0.05, 0.1) is 21.7 Å². The van der Waals surface area contributed by atoms with Crippen molar-refractivity contribution in [1.82, 2.24) is 19.9 Å². The zero-order valence-corrected chi connectivity index (χ0v) is 20.9. The molecule has 5 rings (SSSR count). The van der Waals surface area contributed by atoms with Crippen LogP contribution in [0.5, 0.6) is 0 Å². The summed E-state index contributed by atoms with van der Waals surface area (Å²) >= 11 is 0. The molecule has 0 spiro atoms. The quantitative estimate of drug-likeness (QED) is 0.197. The van der Waals surface area contributed by atoms with Gasteiger partial charge in [0.15, 0.2) is 0 Å². The number of aromatic nitrogens is 4. The average molecular weight is 558 g/mol. The number of pyridine rings is 2. The summed E-state index contributed by atoms with van der Waals surface area (Å²) in [6.45, 7) is 1.68. The lowest BCUT2D eigenvalue weighted by atomic mass is 10.0. The molecule has 2 N–H and O–H groups in total. The predicted molar refractivity (Wildman–Crippen MR) is 136 cm³/mol. The molecule has 0 radical (unpaired) electrons. The Balaban J connectivity index is 0.000000298. The Kier molecular flexibility index (Phi) is 7.83. The highest BCUT2D eigenvalue weighted by molar-refractivity contribution is 7.85. The third kappa shape index (κ3) is 6.69. The molecule has 3 heterocycles. The second kappa shape index (κ2) is 11.1. The van der Waals surface area contributed by atoms with E-state index in [9.17, 15) is 26.0 Å². The van der Waals surface area contributed by atoms with E-state index in [-0.39, 0.29) is 16.3 Å². The Morgan fingerprint density at radius 1 is 0.897 bits per heavy atom. The van der Waals surface area contributed by atoms with Crippen molar-refractivity contribution < 1.29 is 30.5 Å². The molecule has 0 saturated heterocycles. The van der Waals surface area contributed by atoms with E-state index in [0.717, 1.165) is 12.3 Å². The van der Waals surface area contributed by atoms with Gasteiger partial charge in [0.2, 0.25) is 0 Å². The van der Waals surface area contributed by atoms with E-state index in [4.69, 9.17) is 4.55 Å². The molecule has 0 unspecified atom stereocenters. The minimum Gasteiger partial charge on any atom is -0.325 e. The Morgan fingerprint density at radius 3 is 2.26 bits per heavy atom. The Labute approximate surface area is 220 Å². The van der Waals surface area contributed by atoms with Gasteiger partial charge in [-0.1, -0.05) is 24.3 Å². The summed E-state index contributed by atoms with van der Waals surface area (Å²) in [4.78, 5) is 16.2. The Hall–Kier alpha value is -4.49. The van der Waals surface area contributed by atoms with Gasteiger partial charge in [-0.25, -0.2) is 19.3 Å². The van der Waals surface area contributed by atoms with Gasteiger partial charge in [-0.2, -0.15) is 21.6 Å². The number of rotatable bonds is 4. The lowest BCUT2D eigenvalue weighted by Gasteiger charge is -2.13. The molecule has 0 aliphatic carbocycles. The van der Waals surface area contributed by atoms with Crippen LogP contribution >= 0.6 is 0 Å². The van der Waals surface area contributed by atoms with E-state index in [0.29, 0.717) is 28.0 Å². The van der Waals surface area contributed by atoms with E-state index in [1.54, 1.807) is 49.5 Å². The van der Waals surface area contributed by atoms with Gasteiger partial charge >= 0.3 is 6.18 Å². The molecular formula is C26H19F4N5O3S. The molecule has 3 aromatic heterocycles. The van der Waals surface area contributed by atoms with Crippen LogP contribution in [0.1, 0.15) is 11.1 Å². The molecule has 0 amide bonds. The predicted octanol–water partition coefficient (Wildman–Crippen LogP) is 6.23. The van der Waals surface area contributed by atoms with Crippen LogP contribution in [0, 0.1) is 12.7 Å². The lowest BCUT2D eigenvalue weighted by molar-refractivity contribution is -0.137. The number of fused-ring (bicyclic) bond motifs is 1. The summed E-state index contributed by atoms with van der Waals surface area (Å²) in [6, 6.07) is 16.0. The smallest absolute Gasteiger partial charge is 0.325 e. The third-order valence-corrected chi connectivity index (χ3v) is 6.28. The maximum atomic E-state index is 14.7. The highest BCUT2D eigenvalue weighted by Crippen LogP contribution is 2.32. The largest absolute Gasteiger partial charge is 0.417 e. The fourth-order valence-electron chi connectivity index (χ4n) is 3.47. The number of anilines is 2. The first-order valence-corrected chi connectivity index (χ1v) is 12.6. The second-order valence-corrected chi connectivity index (χ2v) is 9.49. The standard InChI is InChI=1S/C20H13F4N5.C6H6O3S/c1-11-18(14-8-16-12(7-15(14)21)3-2-6-25-16)27-10-28-19(11)29-17-5-4-13(9-26-17)20(22,23)24;7-10(8,9)6-4-2-1-3-5-6/h2-10H,1H3,(H,26,27,28,29);1-5H,(H,7,8,9). The number of hydrogen-bond donors (Lipinski definition) is 2. The fraction of sp³-hybridized carbons (Fsp3) is 0.0769. The van der Waals surface area contributed by atoms with E-state index in [2.05, 4.69) is 25.3 Å². The molecule has 13 heteroatoms. The monoisotopic (exact) mass is 557 g/mol. The van der Waals surface area contributed by atoms with Gasteiger partial charge in [0.1, 0.15) is 23.8 Å². The SMILES string of the molecule is Cc1c(Nc2ccc(C(F)(F)F)cn2)ncnc1-c1cc2ncccc2cc1F.O=S(=O)(O)c1ccccc1. The van der Waals surface area contributed by atoms with Crippen molar-refractivity contribution in [2.75, 3.05) is 5.32 Å². The van der Waals surface area contributed by atoms with Crippen LogP contribution < -0.4 is 5.32 Å². The van der Waals surface area contributed by atoms with Gasteiger partial charge in [-0.3, -0.25) is 9.54 Å². The van der Waals surface area contributed by atoms with Crippen LogP contribution in [0.4, 0.5) is 29.2 Å². The van der Waals surface area contributed by atoms with Crippen LogP contribution in [-0.2, 0) is 16.3 Å².